The molecule has 0 saturated carbocycles. The first-order valence-electron chi connectivity index (χ1n) is 6.19. The number of ether oxygens (including phenoxy) is 1. The Labute approximate surface area is 119 Å². The second kappa shape index (κ2) is 4.82. The van der Waals surface area contributed by atoms with Crippen molar-refractivity contribution in [2.75, 3.05) is 7.11 Å². The number of hydrogen-bond acceptors (Lipinski definition) is 5. The molecule has 0 amide bonds. The number of aromatic amines is 1. The number of phenolic OH excluding ortho intramolecular Hbond substituents is 2. The van der Waals surface area contributed by atoms with E-state index >= 15 is 0 Å². The predicted molar refractivity (Wildman–Crippen MR) is 77.7 cm³/mol. The van der Waals surface area contributed by atoms with E-state index in [2.05, 4.69) is 9.97 Å². The van der Waals surface area contributed by atoms with Crippen molar-refractivity contribution in [3.05, 3.63) is 46.8 Å². The molecule has 1 aromatic heterocycles. The molecule has 106 valence electrons. The maximum atomic E-state index is 12.1. The third-order valence-electron chi connectivity index (χ3n) is 3.16. The molecule has 0 radical (unpaired) electrons. The van der Waals surface area contributed by atoms with Gasteiger partial charge in [-0.05, 0) is 36.4 Å². The SMILES string of the molecule is COc1ccc2nc(-c3ccc(O)c(O)c3)[nH]c(=O)c2c1. The highest BCUT2D eigenvalue weighted by molar-refractivity contribution is 5.81. The van der Waals surface area contributed by atoms with Gasteiger partial charge in [-0.2, -0.15) is 0 Å². The van der Waals surface area contributed by atoms with E-state index in [9.17, 15) is 15.0 Å². The Balaban J connectivity index is 2.20. The van der Waals surface area contributed by atoms with Gasteiger partial charge in [-0.3, -0.25) is 4.79 Å². The minimum absolute atomic E-state index is 0.230. The summed E-state index contributed by atoms with van der Waals surface area (Å²) in [7, 11) is 1.52. The second-order valence-corrected chi connectivity index (χ2v) is 4.50. The molecular formula is C15H12N2O4. The lowest BCUT2D eigenvalue weighted by Gasteiger charge is -2.06. The highest BCUT2D eigenvalue weighted by Gasteiger charge is 2.09. The van der Waals surface area contributed by atoms with Gasteiger partial charge in [0.1, 0.15) is 11.6 Å². The number of nitrogens with zero attached hydrogens (tertiary/aromatic N) is 1. The Hall–Kier alpha value is -3.02. The Kier molecular flexibility index (Phi) is 2.98. The van der Waals surface area contributed by atoms with Crippen LogP contribution >= 0.6 is 0 Å². The number of fused-ring (bicyclic) bond motifs is 1. The highest BCUT2D eigenvalue weighted by Crippen LogP contribution is 2.29. The van der Waals surface area contributed by atoms with E-state index in [4.69, 9.17) is 4.74 Å². The van der Waals surface area contributed by atoms with Crippen LogP contribution in [0.2, 0.25) is 0 Å². The fourth-order valence-corrected chi connectivity index (χ4v) is 2.05. The molecule has 6 heteroatoms. The minimum Gasteiger partial charge on any atom is -0.504 e. The van der Waals surface area contributed by atoms with Crippen LogP contribution in [0, 0.1) is 0 Å². The topological polar surface area (TPSA) is 95.4 Å². The third kappa shape index (κ3) is 2.27. The van der Waals surface area contributed by atoms with Crippen molar-refractivity contribution in [3.8, 4) is 28.6 Å². The Morgan fingerprint density at radius 3 is 2.62 bits per heavy atom. The molecule has 3 rings (SSSR count). The number of methoxy groups -OCH3 is 1. The summed E-state index contributed by atoms with van der Waals surface area (Å²) in [6.45, 7) is 0. The summed E-state index contributed by atoms with van der Waals surface area (Å²) in [6.07, 6.45) is 0. The molecule has 0 fully saturated rings. The van der Waals surface area contributed by atoms with Crippen LogP contribution in [0.3, 0.4) is 0 Å². The fourth-order valence-electron chi connectivity index (χ4n) is 2.05. The Bertz CT molecular complexity index is 886. The van der Waals surface area contributed by atoms with Crippen LogP contribution in [0.5, 0.6) is 17.2 Å². The van der Waals surface area contributed by atoms with Crippen LogP contribution in [-0.2, 0) is 0 Å². The van der Waals surface area contributed by atoms with Gasteiger partial charge in [0.05, 0.1) is 18.0 Å². The van der Waals surface area contributed by atoms with Gasteiger partial charge in [-0.25, -0.2) is 4.98 Å². The summed E-state index contributed by atoms with van der Waals surface area (Å²) in [6, 6.07) is 9.24. The maximum absolute atomic E-state index is 12.1. The van der Waals surface area contributed by atoms with Crippen LogP contribution in [0.1, 0.15) is 0 Å². The summed E-state index contributed by atoms with van der Waals surface area (Å²) in [5.41, 5.74) is 0.712. The molecule has 0 aliphatic rings. The minimum atomic E-state index is -0.304. The first kappa shape index (κ1) is 13.0. The number of rotatable bonds is 2. The van der Waals surface area contributed by atoms with E-state index in [0.29, 0.717) is 28.0 Å². The van der Waals surface area contributed by atoms with Gasteiger partial charge in [-0.15, -0.1) is 0 Å². The third-order valence-corrected chi connectivity index (χ3v) is 3.16. The van der Waals surface area contributed by atoms with Crippen molar-refractivity contribution >= 4 is 10.9 Å². The normalized spacial score (nSPS) is 10.7. The zero-order valence-electron chi connectivity index (χ0n) is 11.1. The molecule has 3 N–H and O–H groups in total. The fraction of sp³-hybridized carbons (Fsp3) is 0.0667. The molecule has 0 aliphatic heterocycles. The van der Waals surface area contributed by atoms with Crippen molar-refractivity contribution in [1.29, 1.82) is 0 Å². The van der Waals surface area contributed by atoms with Gasteiger partial charge in [-0.1, -0.05) is 0 Å². The van der Waals surface area contributed by atoms with E-state index in [0.717, 1.165) is 0 Å². The Morgan fingerprint density at radius 1 is 1.10 bits per heavy atom. The van der Waals surface area contributed by atoms with Crippen LogP contribution in [0.25, 0.3) is 22.3 Å². The second-order valence-electron chi connectivity index (χ2n) is 4.50. The smallest absolute Gasteiger partial charge is 0.259 e. The zero-order valence-corrected chi connectivity index (χ0v) is 11.1. The molecule has 0 aliphatic carbocycles. The molecule has 3 aromatic rings. The summed E-state index contributed by atoms with van der Waals surface area (Å²) < 4.78 is 5.08. The summed E-state index contributed by atoms with van der Waals surface area (Å²) in [4.78, 5) is 19.1. The van der Waals surface area contributed by atoms with Crippen molar-refractivity contribution in [1.82, 2.24) is 9.97 Å². The van der Waals surface area contributed by atoms with Gasteiger partial charge >= 0.3 is 0 Å². The standard InChI is InChI=1S/C15H12N2O4/c1-21-9-3-4-11-10(7-9)15(20)17-14(16-11)8-2-5-12(18)13(19)6-8/h2-7,18-19H,1H3,(H,16,17,20). The number of aromatic nitrogens is 2. The molecule has 6 nitrogen and oxygen atoms in total. The van der Waals surface area contributed by atoms with Crippen molar-refractivity contribution in [2.24, 2.45) is 0 Å². The van der Waals surface area contributed by atoms with Crippen LogP contribution in [-0.4, -0.2) is 27.3 Å². The van der Waals surface area contributed by atoms with E-state index in [1.54, 1.807) is 24.3 Å². The van der Waals surface area contributed by atoms with Gasteiger partial charge in [0.2, 0.25) is 0 Å². The zero-order chi connectivity index (χ0) is 15.0. The monoisotopic (exact) mass is 284 g/mol. The molecule has 21 heavy (non-hydrogen) atoms. The average molecular weight is 284 g/mol. The number of nitrogens with one attached hydrogen (secondary N) is 1. The summed E-state index contributed by atoms with van der Waals surface area (Å²) >= 11 is 0. The Morgan fingerprint density at radius 2 is 1.90 bits per heavy atom. The highest BCUT2D eigenvalue weighted by atomic mass is 16.5. The number of aromatic hydroxyl groups is 2. The van der Waals surface area contributed by atoms with Crippen molar-refractivity contribution in [3.63, 3.8) is 0 Å². The lowest BCUT2D eigenvalue weighted by Crippen LogP contribution is -2.09. The predicted octanol–water partition coefficient (Wildman–Crippen LogP) is 2.01. The quantitative estimate of drug-likeness (QED) is 0.626. The lowest BCUT2D eigenvalue weighted by atomic mass is 10.1. The van der Waals surface area contributed by atoms with E-state index < -0.39 is 0 Å². The molecule has 0 bridgehead atoms. The molecule has 0 unspecified atom stereocenters. The summed E-state index contributed by atoms with van der Waals surface area (Å²) in [5, 5.41) is 19.3. The number of phenols is 2. The molecule has 0 spiro atoms. The first-order chi connectivity index (χ1) is 10.1. The van der Waals surface area contributed by atoms with Gasteiger partial charge in [0.15, 0.2) is 11.5 Å². The van der Waals surface area contributed by atoms with E-state index in [1.165, 1.54) is 19.2 Å². The molecule has 0 atom stereocenters. The van der Waals surface area contributed by atoms with E-state index in [1.807, 2.05) is 0 Å². The number of H-pyrrole nitrogens is 1. The van der Waals surface area contributed by atoms with Gasteiger partial charge in [0, 0.05) is 5.56 Å². The molecule has 1 heterocycles. The summed E-state index contributed by atoms with van der Waals surface area (Å²) in [5.74, 6) is 0.384. The number of hydrogen-bond donors (Lipinski definition) is 3. The van der Waals surface area contributed by atoms with Gasteiger partial charge < -0.3 is 19.9 Å². The van der Waals surface area contributed by atoms with Crippen LogP contribution in [0.4, 0.5) is 0 Å². The van der Waals surface area contributed by atoms with Gasteiger partial charge in [0.25, 0.3) is 5.56 Å². The average Bonchev–Trinajstić information content (AvgIpc) is 2.49. The largest absolute Gasteiger partial charge is 0.504 e. The van der Waals surface area contributed by atoms with Crippen LogP contribution in [0.15, 0.2) is 41.2 Å². The van der Waals surface area contributed by atoms with Crippen LogP contribution < -0.4 is 10.3 Å². The number of benzene rings is 2. The molecule has 0 saturated heterocycles. The van der Waals surface area contributed by atoms with Crippen molar-refractivity contribution in [2.45, 2.75) is 0 Å². The van der Waals surface area contributed by atoms with Crippen molar-refractivity contribution < 1.29 is 14.9 Å². The van der Waals surface area contributed by atoms with E-state index in [-0.39, 0.29) is 17.1 Å². The lowest BCUT2D eigenvalue weighted by molar-refractivity contribution is 0.404. The maximum Gasteiger partial charge on any atom is 0.259 e. The molecule has 2 aromatic carbocycles. The molecular weight excluding hydrogens is 272 g/mol. The first-order valence-corrected chi connectivity index (χ1v) is 6.19.